The van der Waals surface area contributed by atoms with Crippen LogP contribution in [0.4, 0.5) is 5.69 Å². The number of halogens is 1. The van der Waals surface area contributed by atoms with Gasteiger partial charge in [-0.2, -0.15) is 0 Å². The third kappa shape index (κ3) is 4.49. The number of amides is 1. The van der Waals surface area contributed by atoms with Gasteiger partial charge in [0, 0.05) is 35.4 Å². The number of carbonyl (C=O) groups is 1. The number of nitrogens with two attached hydrogens (primary N) is 1. The molecule has 112 valence electrons. The first-order chi connectivity index (χ1) is 9.36. The van der Waals surface area contributed by atoms with Gasteiger partial charge in [-0.25, -0.2) is 0 Å². The van der Waals surface area contributed by atoms with Crippen molar-refractivity contribution in [1.82, 2.24) is 9.80 Å². The molecule has 0 bridgehead atoms. The molecule has 0 aromatic heterocycles. The third-order valence-corrected chi connectivity index (χ3v) is 3.70. The summed E-state index contributed by atoms with van der Waals surface area (Å²) in [6.07, 6.45) is 0.946. The molecular formula is C15H24BrN3O. The maximum Gasteiger partial charge on any atom is 0.254 e. The average molecular weight is 342 g/mol. The summed E-state index contributed by atoms with van der Waals surface area (Å²) in [5.41, 5.74) is 8.13. The minimum absolute atomic E-state index is 0.0548. The number of anilines is 1. The van der Waals surface area contributed by atoms with Crippen LogP contribution in [0, 0.1) is 6.92 Å². The van der Waals surface area contributed by atoms with Crippen molar-refractivity contribution in [2.75, 3.05) is 39.5 Å². The number of nitrogens with zero attached hydrogens (tertiary/aromatic N) is 2. The summed E-state index contributed by atoms with van der Waals surface area (Å²) in [4.78, 5) is 16.7. The predicted octanol–water partition coefficient (Wildman–Crippen LogP) is 2.75. The Morgan fingerprint density at radius 1 is 1.25 bits per heavy atom. The van der Waals surface area contributed by atoms with E-state index >= 15 is 0 Å². The highest BCUT2D eigenvalue weighted by Crippen LogP contribution is 2.24. The number of carbonyl (C=O) groups excluding carboxylic acids is 1. The molecule has 0 fully saturated rings. The number of hydrogen-bond acceptors (Lipinski definition) is 3. The molecule has 2 N–H and O–H groups in total. The summed E-state index contributed by atoms with van der Waals surface area (Å²) in [5.74, 6) is 0.0548. The molecule has 5 heteroatoms. The first kappa shape index (κ1) is 17.0. The Morgan fingerprint density at radius 2 is 1.90 bits per heavy atom. The molecule has 0 saturated heterocycles. The molecule has 1 aromatic rings. The molecule has 0 spiro atoms. The largest absolute Gasteiger partial charge is 0.398 e. The number of benzene rings is 1. The Labute approximate surface area is 130 Å². The van der Waals surface area contributed by atoms with Crippen molar-refractivity contribution in [2.45, 2.75) is 20.3 Å². The van der Waals surface area contributed by atoms with Crippen molar-refractivity contribution in [1.29, 1.82) is 0 Å². The topological polar surface area (TPSA) is 49.6 Å². The Bertz CT molecular complexity index is 474. The molecule has 0 aliphatic heterocycles. The van der Waals surface area contributed by atoms with Gasteiger partial charge in [-0.1, -0.05) is 22.9 Å². The van der Waals surface area contributed by atoms with E-state index in [1.54, 1.807) is 0 Å². The fourth-order valence-corrected chi connectivity index (χ4v) is 2.47. The fourth-order valence-electron chi connectivity index (χ4n) is 2.00. The van der Waals surface area contributed by atoms with E-state index in [-0.39, 0.29) is 5.91 Å². The third-order valence-electron chi connectivity index (χ3n) is 3.24. The van der Waals surface area contributed by atoms with E-state index in [2.05, 4.69) is 27.8 Å². The van der Waals surface area contributed by atoms with E-state index in [4.69, 9.17) is 5.73 Å². The lowest BCUT2D eigenvalue weighted by atomic mass is 10.1. The molecule has 1 amide bonds. The number of nitrogen functional groups attached to an aromatic ring is 1. The average Bonchev–Trinajstić information content (AvgIpc) is 2.37. The van der Waals surface area contributed by atoms with Crippen LogP contribution < -0.4 is 5.73 Å². The van der Waals surface area contributed by atoms with E-state index in [0.717, 1.165) is 36.1 Å². The summed E-state index contributed by atoms with van der Waals surface area (Å²) in [6, 6.07) is 3.68. The summed E-state index contributed by atoms with van der Waals surface area (Å²) < 4.78 is 0.841. The van der Waals surface area contributed by atoms with Crippen molar-refractivity contribution < 1.29 is 4.79 Å². The van der Waals surface area contributed by atoms with E-state index in [9.17, 15) is 4.79 Å². The van der Waals surface area contributed by atoms with Crippen LogP contribution in [0.3, 0.4) is 0 Å². The van der Waals surface area contributed by atoms with Crippen LogP contribution in [-0.4, -0.2) is 49.4 Å². The van der Waals surface area contributed by atoms with Gasteiger partial charge in [0.2, 0.25) is 0 Å². The quantitative estimate of drug-likeness (QED) is 0.809. The van der Waals surface area contributed by atoms with Crippen LogP contribution in [0.25, 0.3) is 0 Å². The fraction of sp³-hybridized carbons (Fsp3) is 0.533. The summed E-state index contributed by atoms with van der Waals surface area (Å²) >= 11 is 3.41. The van der Waals surface area contributed by atoms with Crippen molar-refractivity contribution in [3.63, 3.8) is 0 Å². The zero-order valence-electron chi connectivity index (χ0n) is 12.7. The van der Waals surface area contributed by atoms with Crippen LogP contribution in [0.5, 0.6) is 0 Å². The minimum Gasteiger partial charge on any atom is -0.398 e. The van der Waals surface area contributed by atoms with Crippen LogP contribution in [0.1, 0.15) is 29.3 Å². The Hall–Kier alpha value is -1.07. The standard InChI is InChI=1S/C15H24BrN3O/c1-5-6-19(8-7-18(3)4)15(20)13-9-12(16)10-14(17)11(13)2/h9-10H,5-8,17H2,1-4H3. The molecule has 0 aliphatic rings. The molecule has 4 nitrogen and oxygen atoms in total. The molecule has 0 aliphatic carbocycles. The van der Waals surface area contributed by atoms with Crippen molar-refractivity contribution in [3.05, 3.63) is 27.7 Å². The van der Waals surface area contributed by atoms with Gasteiger partial charge in [0.05, 0.1) is 0 Å². The summed E-state index contributed by atoms with van der Waals surface area (Å²) in [5, 5.41) is 0. The Balaban J connectivity index is 2.99. The van der Waals surface area contributed by atoms with Gasteiger partial charge in [-0.15, -0.1) is 0 Å². The van der Waals surface area contributed by atoms with Crippen LogP contribution in [0.15, 0.2) is 16.6 Å². The van der Waals surface area contributed by atoms with E-state index in [1.807, 2.05) is 38.1 Å². The SMILES string of the molecule is CCCN(CCN(C)C)C(=O)c1cc(Br)cc(N)c1C. The van der Waals surface area contributed by atoms with Crippen LogP contribution >= 0.6 is 15.9 Å². The lowest BCUT2D eigenvalue weighted by molar-refractivity contribution is 0.0744. The highest BCUT2D eigenvalue weighted by molar-refractivity contribution is 9.10. The monoisotopic (exact) mass is 341 g/mol. The van der Waals surface area contributed by atoms with Crippen LogP contribution in [-0.2, 0) is 0 Å². The molecular weight excluding hydrogens is 318 g/mol. The van der Waals surface area contributed by atoms with E-state index in [0.29, 0.717) is 11.3 Å². The van der Waals surface area contributed by atoms with Gasteiger partial charge >= 0.3 is 0 Å². The second kappa shape index (κ2) is 7.64. The lowest BCUT2D eigenvalue weighted by Gasteiger charge is -2.25. The second-order valence-corrected chi connectivity index (χ2v) is 6.18. The van der Waals surface area contributed by atoms with Gasteiger partial charge in [0.25, 0.3) is 5.91 Å². The van der Waals surface area contributed by atoms with Gasteiger partial charge in [0.15, 0.2) is 0 Å². The Morgan fingerprint density at radius 3 is 2.45 bits per heavy atom. The number of likely N-dealkylation sites (N-methyl/N-ethyl adjacent to an activating group) is 1. The normalized spacial score (nSPS) is 10.9. The molecule has 0 radical (unpaired) electrons. The van der Waals surface area contributed by atoms with Gasteiger partial charge < -0.3 is 15.5 Å². The van der Waals surface area contributed by atoms with Gasteiger partial charge in [-0.3, -0.25) is 4.79 Å². The summed E-state index contributed by atoms with van der Waals surface area (Å²) in [7, 11) is 4.02. The zero-order valence-corrected chi connectivity index (χ0v) is 14.3. The van der Waals surface area contributed by atoms with Crippen molar-refractivity contribution >= 4 is 27.5 Å². The molecule has 0 unspecified atom stereocenters. The number of hydrogen-bond donors (Lipinski definition) is 1. The van der Waals surface area contributed by atoms with Gasteiger partial charge in [0.1, 0.15) is 0 Å². The summed E-state index contributed by atoms with van der Waals surface area (Å²) in [6.45, 7) is 6.32. The molecule has 0 saturated carbocycles. The molecule has 1 rings (SSSR count). The first-order valence-corrected chi connectivity index (χ1v) is 7.65. The smallest absolute Gasteiger partial charge is 0.254 e. The highest BCUT2D eigenvalue weighted by atomic mass is 79.9. The highest BCUT2D eigenvalue weighted by Gasteiger charge is 2.18. The molecule has 20 heavy (non-hydrogen) atoms. The van der Waals surface area contributed by atoms with Crippen LogP contribution in [0.2, 0.25) is 0 Å². The van der Waals surface area contributed by atoms with Gasteiger partial charge in [-0.05, 0) is 45.1 Å². The first-order valence-electron chi connectivity index (χ1n) is 6.86. The predicted molar refractivity (Wildman–Crippen MR) is 88.0 cm³/mol. The van der Waals surface area contributed by atoms with Crippen molar-refractivity contribution in [2.24, 2.45) is 0 Å². The maximum atomic E-state index is 12.7. The number of rotatable bonds is 6. The molecule has 0 heterocycles. The second-order valence-electron chi connectivity index (χ2n) is 5.26. The van der Waals surface area contributed by atoms with Crippen molar-refractivity contribution in [3.8, 4) is 0 Å². The molecule has 0 atom stereocenters. The Kier molecular flexibility index (Phi) is 6.49. The lowest BCUT2D eigenvalue weighted by Crippen LogP contribution is -2.37. The van der Waals surface area contributed by atoms with E-state index < -0.39 is 0 Å². The minimum atomic E-state index is 0.0548. The maximum absolute atomic E-state index is 12.7. The molecule has 1 aromatic carbocycles. The zero-order chi connectivity index (χ0) is 15.3. The van der Waals surface area contributed by atoms with E-state index in [1.165, 1.54) is 0 Å².